The maximum atomic E-state index is 6.15. The minimum absolute atomic E-state index is 0.329. The normalized spacial score (nSPS) is 19.6. The van der Waals surface area contributed by atoms with Crippen LogP contribution in [0.2, 0.25) is 0 Å². The molecule has 116 valence electrons. The molecule has 3 rings (SSSR count). The summed E-state index contributed by atoms with van der Waals surface area (Å²) in [6, 6.07) is 6.31. The van der Waals surface area contributed by atoms with Crippen LogP contribution in [0.15, 0.2) is 30.6 Å². The molecule has 1 aromatic carbocycles. The van der Waals surface area contributed by atoms with Crippen molar-refractivity contribution in [2.45, 2.75) is 52.7 Å². The van der Waals surface area contributed by atoms with Crippen LogP contribution in [0.25, 0.3) is 5.69 Å². The number of aromatic nitrogens is 2. The van der Waals surface area contributed by atoms with Gasteiger partial charge in [0.15, 0.2) is 0 Å². The number of hydrogen-bond acceptors (Lipinski definition) is 3. The fourth-order valence-electron chi connectivity index (χ4n) is 2.59. The molecule has 1 fully saturated rings. The van der Waals surface area contributed by atoms with Crippen LogP contribution in [0.3, 0.4) is 0 Å². The molecule has 1 saturated heterocycles. The molecule has 5 heteroatoms. The van der Waals surface area contributed by atoms with Crippen LogP contribution in [0.4, 0.5) is 0 Å². The fourth-order valence-corrected chi connectivity index (χ4v) is 2.59. The summed E-state index contributed by atoms with van der Waals surface area (Å²) in [5.41, 5.74) is 3.70. The highest BCUT2D eigenvalue weighted by Gasteiger charge is 2.51. The first-order valence-electron chi connectivity index (χ1n) is 7.67. The van der Waals surface area contributed by atoms with E-state index in [-0.39, 0.29) is 18.3 Å². The summed E-state index contributed by atoms with van der Waals surface area (Å²) in [6.45, 7) is 12.4. The summed E-state index contributed by atoms with van der Waals surface area (Å²) >= 11 is 0. The van der Waals surface area contributed by atoms with E-state index in [1.54, 1.807) is 0 Å². The van der Waals surface area contributed by atoms with E-state index >= 15 is 0 Å². The van der Waals surface area contributed by atoms with Crippen LogP contribution < -0.4 is 5.46 Å². The number of benzene rings is 1. The van der Waals surface area contributed by atoms with Gasteiger partial charge in [0.2, 0.25) is 0 Å². The molecule has 22 heavy (non-hydrogen) atoms. The van der Waals surface area contributed by atoms with Crippen molar-refractivity contribution in [2.75, 3.05) is 0 Å². The molecule has 2 aromatic rings. The van der Waals surface area contributed by atoms with Crippen molar-refractivity contribution in [2.24, 2.45) is 0 Å². The average Bonchev–Trinajstić information content (AvgIpc) is 2.91. The van der Waals surface area contributed by atoms with E-state index in [2.05, 4.69) is 57.9 Å². The standard InChI is InChI=1S/C17H23BN2O2/c1-12-7-14(18-21-16(3,4)17(5,6)22-18)9-15(8-12)20-11-13(2)10-19-20/h7-11H,1-6H3. The molecule has 1 aliphatic rings. The Balaban J connectivity index is 1.98. The highest BCUT2D eigenvalue weighted by Crippen LogP contribution is 2.36. The molecule has 0 bridgehead atoms. The first kappa shape index (κ1) is 15.3. The molecule has 0 atom stereocenters. The first-order valence-corrected chi connectivity index (χ1v) is 7.67. The molecular weight excluding hydrogens is 275 g/mol. The number of aryl methyl sites for hydroxylation is 2. The Bertz CT molecular complexity index is 690. The third-order valence-electron chi connectivity index (χ3n) is 4.59. The van der Waals surface area contributed by atoms with E-state index in [0.29, 0.717) is 0 Å². The van der Waals surface area contributed by atoms with E-state index < -0.39 is 0 Å². The monoisotopic (exact) mass is 298 g/mol. The predicted octanol–water partition coefficient (Wildman–Crippen LogP) is 2.79. The van der Waals surface area contributed by atoms with Gasteiger partial charge in [0.05, 0.1) is 23.1 Å². The van der Waals surface area contributed by atoms with E-state index in [1.807, 2.05) is 24.0 Å². The summed E-state index contributed by atoms with van der Waals surface area (Å²) in [4.78, 5) is 0. The average molecular weight is 298 g/mol. The lowest BCUT2D eigenvalue weighted by atomic mass is 9.78. The van der Waals surface area contributed by atoms with Crippen LogP contribution in [0.5, 0.6) is 0 Å². The van der Waals surface area contributed by atoms with E-state index in [0.717, 1.165) is 22.3 Å². The Kier molecular flexibility index (Phi) is 3.46. The van der Waals surface area contributed by atoms with Crippen LogP contribution >= 0.6 is 0 Å². The Morgan fingerprint density at radius 2 is 1.59 bits per heavy atom. The maximum absolute atomic E-state index is 6.15. The summed E-state index contributed by atoms with van der Waals surface area (Å²) in [6.07, 6.45) is 3.87. The second-order valence-electron chi connectivity index (χ2n) is 7.15. The lowest BCUT2D eigenvalue weighted by Crippen LogP contribution is -2.41. The molecule has 0 spiro atoms. The molecule has 0 amide bonds. The highest BCUT2D eigenvalue weighted by atomic mass is 16.7. The van der Waals surface area contributed by atoms with Gasteiger partial charge < -0.3 is 9.31 Å². The van der Waals surface area contributed by atoms with Crippen LogP contribution in [-0.4, -0.2) is 28.1 Å². The SMILES string of the molecule is Cc1cc(B2OC(C)(C)C(C)(C)O2)cc(-n2cc(C)cn2)c1. The molecule has 1 aromatic heterocycles. The molecule has 0 N–H and O–H groups in total. The van der Waals surface area contributed by atoms with Crippen molar-refractivity contribution in [1.29, 1.82) is 0 Å². The van der Waals surface area contributed by atoms with Gasteiger partial charge in [0.1, 0.15) is 0 Å². The zero-order valence-corrected chi connectivity index (χ0v) is 14.2. The summed E-state index contributed by atoms with van der Waals surface area (Å²) in [5.74, 6) is 0. The third-order valence-corrected chi connectivity index (χ3v) is 4.59. The summed E-state index contributed by atoms with van der Waals surface area (Å²) < 4.78 is 14.2. The smallest absolute Gasteiger partial charge is 0.399 e. The Morgan fingerprint density at radius 1 is 0.955 bits per heavy atom. The zero-order valence-electron chi connectivity index (χ0n) is 14.2. The van der Waals surface area contributed by atoms with Gasteiger partial charge in [0, 0.05) is 6.20 Å². The Hall–Kier alpha value is -1.59. The van der Waals surface area contributed by atoms with E-state index in [4.69, 9.17) is 9.31 Å². The predicted molar refractivity (Wildman–Crippen MR) is 88.8 cm³/mol. The molecule has 0 radical (unpaired) electrons. The Morgan fingerprint density at radius 3 is 2.14 bits per heavy atom. The molecule has 0 aliphatic carbocycles. The van der Waals surface area contributed by atoms with Crippen LogP contribution in [0, 0.1) is 13.8 Å². The van der Waals surface area contributed by atoms with Gasteiger partial charge in [0.25, 0.3) is 0 Å². The minimum atomic E-state index is -0.347. The largest absolute Gasteiger partial charge is 0.494 e. The van der Waals surface area contributed by atoms with Crippen LogP contribution in [-0.2, 0) is 9.31 Å². The summed E-state index contributed by atoms with van der Waals surface area (Å²) in [7, 11) is -0.347. The number of hydrogen-bond donors (Lipinski definition) is 0. The second-order valence-corrected chi connectivity index (χ2v) is 7.15. The van der Waals surface area contributed by atoms with Gasteiger partial charge in [-0.3, -0.25) is 0 Å². The van der Waals surface area contributed by atoms with Gasteiger partial charge in [-0.2, -0.15) is 5.10 Å². The third kappa shape index (κ3) is 2.59. The molecule has 0 saturated carbocycles. The van der Waals surface area contributed by atoms with Crippen molar-refractivity contribution < 1.29 is 9.31 Å². The van der Waals surface area contributed by atoms with E-state index in [9.17, 15) is 0 Å². The second kappa shape index (κ2) is 4.96. The van der Waals surface area contributed by atoms with Gasteiger partial charge >= 0.3 is 7.12 Å². The maximum Gasteiger partial charge on any atom is 0.494 e. The summed E-state index contributed by atoms with van der Waals surface area (Å²) in [5, 5.41) is 4.39. The molecular formula is C17H23BN2O2. The molecule has 0 unspecified atom stereocenters. The van der Waals surface area contributed by atoms with Gasteiger partial charge in [-0.05, 0) is 70.3 Å². The number of nitrogens with zero attached hydrogens (tertiary/aromatic N) is 2. The first-order chi connectivity index (χ1) is 10.2. The van der Waals surface area contributed by atoms with Crippen molar-refractivity contribution in [3.63, 3.8) is 0 Å². The topological polar surface area (TPSA) is 36.3 Å². The quantitative estimate of drug-likeness (QED) is 0.800. The molecule has 1 aliphatic heterocycles. The minimum Gasteiger partial charge on any atom is -0.399 e. The van der Waals surface area contributed by atoms with Gasteiger partial charge in [-0.25, -0.2) is 4.68 Å². The van der Waals surface area contributed by atoms with Crippen molar-refractivity contribution in [3.8, 4) is 5.69 Å². The van der Waals surface area contributed by atoms with Crippen LogP contribution in [0.1, 0.15) is 38.8 Å². The Labute approximate surface area is 132 Å². The van der Waals surface area contributed by atoms with Gasteiger partial charge in [-0.1, -0.05) is 6.07 Å². The molecule has 2 heterocycles. The lowest BCUT2D eigenvalue weighted by molar-refractivity contribution is 0.00578. The van der Waals surface area contributed by atoms with Crippen molar-refractivity contribution >= 4 is 12.6 Å². The number of rotatable bonds is 2. The highest BCUT2D eigenvalue weighted by molar-refractivity contribution is 6.62. The zero-order chi connectivity index (χ0) is 16.1. The fraction of sp³-hybridized carbons (Fsp3) is 0.471. The van der Waals surface area contributed by atoms with Gasteiger partial charge in [-0.15, -0.1) is 0 Å². The van der Waals surface area contributed by atoms with Crippen molar-refractivity contribution in [3.05, 3.63) is 41.7 Å². The van der Waals surface area contributed by atoms with Crippen molar-refractivity contribution in [1.82, 2.24) is 9.78 Å². The van der Waals surface area contributed by atoms with E-state index in [1.165, 1.54) is 0 Å². The molecule has 4 nitrogen and oxygen atoms in total. The lowest BCUT2D eigenvalue weighted by Gasteiger charge is -2.32.